The highest BCUT2D eigenvalue weighted by atomic mass is 19.1. The number of rotatable bonds is 8. The van der Waals surface area contributed by atoms with Crippen molar-refractivity contribution in [3.05, 3.63) is 47.9 Å². The van der Waals surface area contributed by atoms with Gasteiger partial charge in [0.15, 0.2) is 0 Å². The molecule has 0 saturated heterocycles. The molecule has 0 amide bonds. The van der Waals surface area contributed by atoms with E-state index in [2.05, 4.69) is 34.0 Å². The molecule has 0 aliphatic rings. The summed E-state index contributed by atoms with van der Waals surface area (Å²) in [7, 11) is 0. The van der Waals surface area contributed by atoms with Crippen molar-refractivity contribution in [2.75, 3.05) is 23.3 Å². The van der Waals surface area contributed by atoms with Crippen LogP contribution in [0.25, 0.3) is 0 Å². The number of nitrogens with one attached hydrogen (secondary N) is 1. The van der Waals surface area contributed by atoms with Gasteiger partial charge in [0.05, 0.1) is 0 Å². The van der Waals surface area contributed by atoms with Crippen molar-refractivity contribution in [3.8, 4) is 0 Å². The third-order valence-corrected chi connectivity index (χ3v) is 3.35. The first-order valence-electron chi connectivity index (χ1n) is 7.79. The number of nitrogens with zero attached hydrogens (tertiary/aromatic N) is 3. The molecular weight excluding hydrogens is 279 g/mol. The lowest BCUT2D eigenvalue weighted by atomic mass is 10.2. The number of hydrogen-bond acceptors (Lipinski definition) is 4. The van der Waals surface area contributed by atoms with E-state index in [-0.39, 0.29) is 5.82 Å². The average molecular weight is 302 g/mol. The number of aromatic nitrogens is 2. The van der Waals surface area contributed by atoms with E-state index in [4.69, 9.17) is 0 Å². The number of halogens is 1. The smallest absolute Gasteiger partial charge is 0.224 e. The second kappa shape index (κ2) is 8.32. The zero-order valence-electron chi connectivity index (χ0n) is 13.2. The molecule has 5 heteroatoms. The molecule has 4 nitrogen and oxygen atoms in total. The highest BCUT2D eigenvalue weighted by Gasteiger charge is 2.08. The Kier molecular flexibility index (Phi) is 6.13. The van der Waals surface area contributed by atoms with Gasteiger partial charge in [-0.05, 0) is 25.0 Å². The van der Waals surface area contributed by atoms with E-state index in [1.165, 1.54) is 6.07 Å². The first-order valence-corrected chi connectivity index (χ1v) is 7.79. The van der Waals surface area contributed by atoms with Gasteiger partial charge in [0.1, 0.15) is 11.6 Å². The van der Waals surface area contributed by atoms with Crippen LogP contribution >= 0.6 is 0 Å². The van der Waals surface area contributed by atoms with Crippen LogP contribution in [-0.4, -0.2) is 23.1 Å². The second-order valence-corrected chi connectivity index (χ2v) is 5.17. The van der Waals surface area contributed by atoms with Gasteiger partial charge in [-0.25, -0.2) is 9.37 Å². The fourth-order valence-corrected chi connectivity index (χ4v) is 2.31. The zero-order chi connectivity index (χ0) is 15.8. The van der Waals surface area contributed by atoms with Crippen molar-refractivity contribution in [2.45, 2.75) is 33.2 Å². The third-order valence-electron chi connectivity index (χ3n) is 3.35. The van der Waals surface area contributed by atoms with Crippen molar-refractivity contribution in [1.82, 2.24) is 9.97 Å². The zero-order valence-corrected chi connectivity index (χ0v) is 13.2. The number of benzene rings is 1. The van der Waals surface area contributed by atoms with Crippen LogP contribution in [0.4, 0.5) is 16.2 Å². The lowest BCUT2D eigenvalue weighted by molar-refractivity contribution is 0.612. The highest BCUT2D eigenvalue weighted by Crippen LogP contribution is 2.14. The molecule has 0 spiro atoms. The minimum Gasteiger partial charge on any atom is -0.356 e. The minimum atomic E-state index is -0.218. The lowest BCUT2D eigenvalue weighted by Crippen LogP contribution is -2.26. The summed E-state index contributed by atoms with van der Waals surface area (Å²) in [5, 5.41) is 3.09. The maximum Gasteiger partial charge on any atom is 0.224 e. The SMILES string of the molecule is CCCN(CCC)c1ccnc(NCc2ccccc2F)n1. The summed E-state index contributed by atoms with van der Waals surface area (Å²) in [5.41, 5.74) is 0.607. The summed E-state index contributed by atoms with van der Waals surface area (Å²) in [5.74, 6) is 1.22. The maximum atomic E-state index is 13.6. The van der Waals surface area contributed by atoms with Gasteiger partial charge in [-0.2, -0.15) is 4.98 Å². The van der Waals surface area contributed by atoms with E-state index in [1.54, 1.807) is 18.3 Å². The topological polar surface area (TPSA) is 41.1 Å². The van der Waals surface area contributed by atoms with Crippen LogP contribution in [0.1, 0.15) is 32.3 Å². The molecular formula is C17H23FN4. The van der Waals surface area contributed by atoms with Gasteiger partial charge in [0.25, 0.3) is 0 Å². The molecule has 0 saturated carbocycles. The first kappa shape index (κ1) is 16.2. The van der Waals surface area contributed by atoms with Crippen LogP contribution in [0.15, 0.2) is 36.5 Å². The Morgan fingerprint density at radius 1 is 1.09 bits per heavy atom. The van der Waals surface area contributed by atoms with Gasteiger partial charge in [-0.3, -0.25) is 0 Å². The average Bonchev–Trinajstić information content (AvgIpc) is 2.54. The Labute approximate surface area is 131 Å². The van der Waals surface area contributed by atoms with E-state index in [1.807, 2.05) is 12.1 Å². The van der Waals surface area contributed by atoms with Crippen molar-refractivity contribution in [1.29, 1.82) is 0 Å². The Morgan fingerprint density at radius 2 is 1.82 bits per heavy atom. The summed E-state index contributed by atoms with van der Waals surface area (Å²) < 4.78 is 13.6. The van der Waals surface area contributed by atoms with Crippen LogP contribution < -0.4 is 10.2 Å². The molecule has 2 aromatic rings. The Balaban J connectivity index is 2.06. The van der Waals surface area contributed by atoms with Crippen molar-refractivity contribution in [3.63, 3.8) is 0 Å². The Hall–Kier alpha value is -2.17. The van der Waals surface area contributed by atoms with E-state index in [9.17, 15) is 4.39 Å². The molecule has 0 aliphatic carbocycles. The molecule has 118 valence electrons. The van der Waals surface area contributed by atoms with Crippen molar-refractivity contribution >= 4 is 11.8 Å². The van der Waals surface area contributed by atoms with Crippen LogP contribution in [0.2, 0.25) is 0 Å². The fourth-order valence-electron chi connectivity index (χ4n) is 2.31. The molecule has 0 fully saturated rings. The standard InChI is InChI=1S/C17H23FN4/c1-3-11-22(12-4-2)16-9-10-19-17(21-16)20-13-14-7-5-6-8-15(14)18/h5-10H,3-4,11-13H2,1-2H3,(H,19,20,21). The van der Waals surface area contributed by atoms with E-state index < -0.39 is 0 Å². The minimum absolute atomic E-state index is 0.218. The Morgan fingerprint density at radius 3 is 2.50 bits per heavy atom. The largest absolute Gasteiger partial charge is 0.356 e. The predicted octanol–water partition coefficient (Wildman–Crippen LogP) is 3.85. The number of hydrogen-bond donors (Lipinski definition) is 1. The van der Waals surface area contributed by atoms with Gasteiger partial charge >= 0.3 is 0 Å². The van der Waals surface area contributed by atoms with Gasteiger partial charge in [0.2, 0.25) is 5.95 Å². The van der Waals surface area contributed by atoms with Gasteiger partial charge < -0.3 is 10.2 Å². The van der Waals surface area contributed by atoms with Crippen LogP contribution in [0, 0.1) is 5.82 Å². The van der Waals surface area contributed by atoms with Crippen LogP contribution in [0.5, 0.6) is 0 Å². The summed E-state index contributed by atoms with van der Waals surface area (Å²) in [6, 6.07) is 8.63. The molecule has 1 aromatic carbocycles. The molecule has 0 aliphatic heterocycles. The summed E-state index contributed by atoms with van der Waals surface area (Å²) in [4.78, 5) is 11.0. The van der Waals surface area contributed by atoms with E-state index in [0.717, 1.165) is 31.7 Å². The second-order valence-electron chi connectivity index (χ2n) is 5.17. The third kappa shape index (κ3) is 4.41. The summed E-state index contributed by atoms with van der Waals surface area (Å²) in [6.07, 6.45) is 3.88. The summed E-state index contributed by atoms with van der Waals surface area (Å²) in [6.45, 7) is 6.62. The Bertz CT molecular complexity index is 582. The fraction of sp³-hybridized carbons (Fsp3) is 0.412. The van der Waals surface area contributed by atoms with Gasteiger partial charge in [-0.1, -0.05) is 32.0 Å². The number of anilines is 2. The van der Waals surface area contributed by atoms with Crippen molar-refractivity contribution < 1.29 is 4.39 Å². The quantitative estimate of drug-likeness (QED) is 0.804. The van der Waals surface area contributed by atoms with Crippen LogP contribution in [-0.2, 0) is 6.54 Å². The molecule has 0 unspecified atom stereocenters. The lowest BCUT2D eigenvalue weighted by Gasteiger charge is -2.22. The van der Waals surface area contributed by atoms with E-state index in [0.29, 0.717) is 18.1 Å². The van der Waals surface area contributed by atoms with E-state index >= 15 is 0 Å². The summed E-state index contributed by atoms with van der Waals surface area (Å²) >= 11 is 0. The first-order chi connectivity index (χ1) is 10.7. The molecule has 0 radical (unpaired) electrons. The normalized spacial score (nSPS) is 10.5. The highest BCUT2D eigenvalue weighted by molar-refractivity contribution is 5.42. The van der Waals surface area contributed by atoms with Gasteiger partial charge in [0, 0.05) is 31.4 Å². The molecule has 22 heavy (non-hydrogen) atoms. The van der Waals surface area contributed by atoms with Crippen molar-refractivity contribution in [2.24, 2.45) is 0 Å². The molecule has 2 rings (SSSR count). The predicted molar refractivity (Wildman–Crippen MR) is 88.6 cm³/mol. The molecule has 1 aromatic heterocycles. The van der Waals surface area contributed by atoms with Crippen LogP contribution in [0.3, 0.4) is 0 Å². The molecule has 1 N–H and O–H groups in total. The monoisotopic (exact) mass is 302 g/mol. The molecule has 1 heterocycles. The molecule has 0 bridgehead atoms. The van der Waals surface area contributed by atoms with Gasteiger partial charge in [-0.15, -0.1) is 0 Å². The maximum absolute atomic E-state index is 13.6. The molecule has 0 atom stereocenters.